The highest BCUT2D eigenvalue weighted by atomic mass is 35.5. The molecule has 1 aromatic heterocycles. The molecule has 0 radical (unpaired) electrons. The highest BCUT2D eigenvalue weighted by molar-refractivity contribution is 6.30. The molecule has 1 N–H and O–H groups in total. The van der Waals surface area contributed by atoms with Crippen molar-refractivity contribution in [2.45, 2.75) is 13.0 Å². The topological polar surface area (TPSA) is 73.2 Å². The normalized spacial score (nSPS) is 10.5. The molecule has 0 unspecified atom stereocenters. The maximum atomic E-state index is 12.2. The predicted octanol–water partition coefficient (Wildman–Crippen LogP) is 2.93. The van der Waals surface area contributed by atoms with Gasteiger partial charge in [-0.25, -0.2) is 4.68 Å². The van der Waals surface area contributed by atoms with E-state index in [2.05, 4.69) is 10.4 Å². The first kappa shape index (κ1) is 19.6. The van der Waals surface area contributed by atoms with Crippen LogP contribution in [0.1, 0.15) is 5.56 Å². The van der Waals surface area contributed by atoms with Crippen LogP contribution in [0.25, 0.3) is 11.3 Å². The van der Waals surface area contributed by atoms with Crippen LogP contribution in [-0.4, -0.2) is 29.3 Å². The molecule has 1 amide bonds. The fraction of sp³-hybridized carbons (Fsp3) is 0.190. The van der Waals surface area contributed by atoms with Gasteiger partial charge in [-0.3, -0.25) is 9.59 Å². The molecule has 1 heterocycles. The van der Waals surface area contributed by atoms with E-state index in [0.29, 0.717) is 23.7 Å². The van der Waals surface area contributed by atoms with E-state index in [9.17, 15) is 9.59 Å². The van der Waals surface area contributed by atoms with Crippen LogP contribution in [0, 0.1) is 0 Å². The number of rotatable bonds is 7. The van der Waals surface area contributed by atoms with Gasteiger partial charge < -0.3 is 10.1 Å². The van der Waals surface area contributed by atoms with Gasteiger partial charge in [0.05, 0.1) is 12.8 Å². The fourth-order valence-electron chi connectivity index (χ4n) is 2.67. The number of hydrogen-bond acceptors (Lipinski definition) is 4. The molecule has 0 saturated carbocycles. The van der Waals surface area contributed by atoms with E-state index >= 15 is 0 Å². The molecule has 0 saturated heterocycles. The van der Waals surface area contributed by atoms with Gasteiger partial charge in [-0.1, -0.05) is 35.9 Å². The number of methoxy groups -OCH3 is 1. The zero-order valence-corrected chi connectivity index (χ0v) is 16.1. The van der Waals surface area contributed by atoms with Crippen LogP contribution in [-0.2, 0) is 17.8 Å². The number of nitrogens with zero attached hydrogens (tertiary/aromatic N) is 2. The molecule has 6 nitrogen and oxygen atoms in total. The van der Waals surface area contributed by atoms with Crippen molar-refractivity contribution < 1.29 is 9.53 Å². The first-order valence-electron chi connectivity index (χ1n) is 8.79. The monoisotopic (exact) mass is 397 g/mol. The lowest BCUT2D eigenvalue weighted by molar-refractivity contribution is -0.121. The van der Waals surface area contributed by atoms with Crippen molar-refractivity contribution in [3.05, 3.63) is 81.6 Å². The molecule has 0 fully saturated rings. The maximum absolute atomic E-state index is 12.2. The summed E-state index contributed by atoms with van der Waals surface area (Å²) in [6.07, 6.45) is 0.683. The second-order valence-electron chi connectivity index (χ2n) is 6.17. The van der Waals surface area contributed by atoms with Crippen LogP contribution in [0.5, 0.6) is 5.75 Å². The second kappa shape index (κ2) is 9.19. The quantitative estimate of drug-likeness (QED) is 0.665. The maximum Gasteiger partial charge on any atom is 0.267 e. The summed E-state index contributed by atoms with van der Waals surface area (Å²) in [6, 6.07) is 17.8. The summed E-state index contributed by atoms with van der Waals surface area (Å²) in [5.74, 6) is 0.523. The van der Waals surface area contributed by atoms with E-state index in [0.717, 1.165) is 21.6 Å². The van der Waals surface area contributed by atoms with E-state index < -0.39 is 0 Å². The molecule has 3 rings (SSSR count). The largest absolute Gasteiger partial charge is 0.497 e. The number of carbonyl (C=O) groups excluding carboxylic acids is 1. The molecule has 0 aliphatic heterocycles. The summed E-state index contributed by atoms with van der Waals surface area (Å²) in [6.45, 7) is 0.333. The van der Waals surface area contributed by atoms with Gasteiger partial charge in [0, 0.05) is 23.2 Å². The van der Waals surface area contributed by atoms with Crippen LogP contribution in [0.3, 0.4) is 0 Å². The molecular formula is C21H20ClN3O3. The average molecular weight is 398 g/mol. The third-order valence-electron chi connectivity index (χ3n) is 4.19. The molecule has 0 bridgehead atoms. The number of benzene rings is 2. The van der Waals surface area contributed by atoms with Crippen molar-refractivity contribution in [2.75, 3.05) is 13.7 Å². The molecule has 0 spiro atoms. The summed E-state index contributed by atoms with van der Waals surface area (Å²) in [5, 5.41) is 7.72. The molecule has 0 aliphatic rings. The van der Waals surface area contributed by atoms with Gasteiger partial charge in [0.25, 0.3) is 5.56 Å². The third-order valence-corrected chi connectivity index (χ3v) is 4.45. The van der Waals surface area contributed by atoms with Crippen molar-refractivity contribution in [2.24, 2.45) is 0 Å². The summed E-state index contributed by atoms with van der Waals surface area (Å²) in [5.41, 5.74) is 2.17. The van der Waals surface area contributed by atoms with Crippen LogP contribution in [0.2, 0.25) is 5.02 Å². The number of halogens is 1. The highest BCUT2D eigenvalue weighted by Gasteiger charge is 2.08. The summed E-state index contributed by atoms with van der Waals surface area (Å²) in [4.78, 5) is 24.2. The summed E-state index contributed by atoms with van der Waals surface area (Å²) < 4.78 is 6.28. The third kappa shape index (κ3) is 5.20. The predicted molar refractivity (Wildman–Crippen MR) is 109 cm³/mol. The van der Waals surface area contributed by atoms with E-state index in [1.165, 1.54) is 6.07 Å². The van der Waals surface area contributed by atoms with Gasteiger partial charge >= 0.3 is 0 Å². The number of amides is 1. The Balaban J connectivity index is 1.59. The summed E-state index contributed by atoms with van der Waals surface area (Å²) in [7, 11) is 1.62. The number of nitrogens with one attached hydrogen (secondary N) is 1. The Morgan fingerprint density at radius 1 is 1.07 bits per heavy atom. The van der Waals surface area contributed by atoms with Crippen LogP contribution in [0.4, 0.5) is 0 Å². The highest BCUT2D eigenvalue weighted by Crippen LogP contribution is 2.18. The lowest BCUT2D eigenvalue weighted by Crippen LogP contribution is -2.34. The molecule has 2 aromatic carbocycles. The van der Waals surface area contributed by atoms with Crippen LogP contribution in [0.15, 0.2) is 65.5 Å². The Kier molecular flexibility index (Phi) is 6.45. The van der Waals surface area contributed by atoms with Crippen molar-refractivity contribution in [1.29, 1.82) is 0 Å². The van der Waals surface area contributed by atoms with E-state index in [-0.39, 0.29) is 18.0 Å². The first-order valence-corrected chi connectivity index (χ1v) is 9.17. The van der Waals surface area contributed by atoms with Crippen molar-refractivity contribution >= 4 is 17.5 Å². The number of hydrogen-bond donors (Lipinski definition) is 1. The fourth-order valence-corrected chi connectivity index (χ4v) is 2.79. The average Bonchev–Trinajstić information content (AvgIpc) is 2.71. The minimum atomic E-state index is -0.331. The lowest BCUT2D eigenvalue weighted by atomic mass is 10.1. The van der Waals surface area contributed by atoms with Gasteiger partial charge in [-0.05, 0) is 42.3 Å². The van der Waals surface area contributed by atoms with Crippen LogP contribution < -0.4 is 15.6 Å². The van der Waals surface area contributed by atoms with Gasteiger partial charge in [-0.15, -0.1) is 0 Å². The van der Waals surface area contributed by atoms with E-state index in [1.54, 1.807) is 25.3 Å². The zero-order valence-electron chi connectivity index (χ0n) is 15.4. The van der Waals surface area contributed by atoms with E-state index in [1.807, 2.05) is 36.4 Å². The zero-order chi connectivity index (χ0) is 19.9. The van der Waals surface area contributed by atoms with Crippen molar-refractivity contribution in [3.63, 3.8) is 0 Å². The van der Waals surface area contributed by atoms with Gasteiger partial charge in [0.15, 0.2) is 0 Å². The number of aromatic nitrogens is 2. The Labute approximate surface area is 167 Å². The molecular weight excluding hydrogens is 378 g/mol. The molecule has 7 heteroatoms. The summed E-state index contributed by atoms with van der Waals surface area (Å²) >= 11 is 5.90. The Morgan fingerprint density at radius 2 is 1.79 bits per heavy atom. The molecule has 28 heavy (non-hydrogen) atoms. The van der Waals surface area contributed by atoms with Gasteiger partial charge in [-0.2, -0.15) is 5.10 Å². The van der Waals surface area contributed by atoms with Crippen molar-refractivity contribution in [1.82, 2.24) is 15.1 Å². The Hall–Kier alpha value is -3.12. The minimum Gasteiger partial charge on any atom is -0.497 e. The lowest BCUT2D eigenvalue weighted by Gasteiger charge is -2.09. The minimum absolute atomic E-state index is 0.136. The van der Waals surface area contributed by atoms with Crippen LogP contribution >= 0.6 is 11.6 Å². The standard InChI is InChI=1S/C21H20ClN3O3/c1-28-18-8-2-15(3-9-18)12-13-23-20(26)14-25-21(27)11-10-19(24-25)16-4-6-17(22)7-5-16/h2-11H,12-14H2,1H3,(H,23,26). The Bertz CT molecular complexity index is 999. The number of carbonyl (C=O) groups is 1. The first-order chi connectivity index (χ1) is 13.5. The Morgan fingerprint density at radius 3 is 2.46 bits per heavy atom. The molecule has 3 aromatic rings. The smallest absolute Gasteiger partial charge is 0.267 e. The van der Waals surface area contributed by atoms with E-state index in [4.69, 9.17) is 16.3 Å². The molecule has 0 atom stereocenters. The van der Waals surface area contributed by atoms with Gasteiger partial charge in [0.1, 0.15) is 12.3 Å². The molecule has 0 aliphatic carbocycles. The van der Waals surface area contributed by atoms with Gasteiger partial charge in [0.2, 0.25) is 5.91 Å². The molecule has 144 valence electrons. The SMILES string of the molecule is COc1ccc(CCNC(=O)Cn2nc(-c3ccc(Cl)cc3)ccc2=O)cc1. The second-order valence-corrected chi connectivity index (χ2v) is 6.61. The van der Waals surface area contributed by atoms with Crippen molar-refractivity contribution in [3.8, 4) is 17.0 Å². The number of ether oxygens (including phenoxy) is 1.